The first-order chi connectivity index (χ1) is 18.9. The molecule has 2 aromatic carbocycles. The number of aromatic amines is 1. The largest absolute Gasteiger partial charge is 0.461 e. The van der Waals surface area contributed by atoms with Gasteiger partial charge in [-0.05, 0) is 89.0 Å². The molecule has 3 heterocycles. The summed E-state index contributed by atoms with van der Waals surface area (Å²) in [4.78, 5) is 33.1. The van der Waals surface area contributed by atoms with E-state index in [2.05, 4.69) is 44.4 Å². The van der Waals surface area contributed by atoms with Crippen LogP contribution in [0.25, 0.3) is 10.9 Å². The number of benzene rings is 2. The molecule has 1 aromatic heterocycles. The van der Waals surface area contributed by atoms with E-state index in [1.807, 2.05) is 6.92 Å². The molecule has 0 aliphatic carbocycles. The van der Waals surface area contributed by atoms with E-state index in [9.17, 15) is 9.59 Å². The average Bonchev–Trinajstić information content (AvgIpc) is 3.63. The molecule has 1 atom stereocenters. The van der Waals surface area contributed by atoms with Crippen molar-refractivity contribution >= 4 is 50.8 Å². The monoisotopic (exact) mass is 547 g/mol. The lowest BCUT2D eigenvalue weighted by atomic mass is 10.0. The minimum atomic E-state index is -0.431. The topological polar surface area (TPSA) is 102 Å². The summed E-state index contributed by atoms with van der Waals surface area (Å²) in [6.07, 6.45) is 5.16. The zero-order valence-corrected chi connectivity index (χ0v) is 23.5. The van der Waals surface area contributed by atoms with Crippen LogP contribution in [0.4, 0.5) is 11.4 Å². The van der Waals surface area contributed by atoms with Gasteiger partial charge in [0.1, 0.15) is 10.7 Å². The Morgan fingerprint density at radius 1 is 1.08 bits per heavy atom. The van der Waals surface area contributed by atoms with E-state index >= 15 is 0 Å². The number of carbonyl (C=O) groups is 2. The van der Waals surface area contributed by atoms with Crippen LogP contribution in [0.2, 0.25) is 0 Å². The van der Waals surface area contributed by atoms with Crippen LogP contribution in [0.1, 0.15) is 60.4 Å². The number of fused-ring (bicyclic) bond motifs is 1. The van der Waals surface area contributed by atoms with E-state index in [1.54, 1.807) is 31.2 Å². The molecule has 0 amide bonds. The van der Waals surface area contributed by atoms with Crippen molar-refractivity contribution < 1.29 is 14.3 Å². The summed E-state index contributed by atoms with van der Waals surface area (Å²) in [5.74, 6) is -0.782. The number of rotatable bonds is 9. The van der Waals surface area contributed by atoms with Crippen molar-refractivity contribution in [2.24, 2.45) is 0 Å². The Kier molecular flexibility index (Phi) is 8.57. The Bertz CT molecular complexity index is 1320. The maximum Gasteiger partial charge on any atom is 0.354 e. The van der Waals surface area contributed by atoms with Crippen LogP contribution in [0.3, 0.4) is 0 Å². The summed E-state index contributed by atoms with van der Waals surface area (Å²) in [5, 5.41) is 12.4. The molecule has 206 valence electrons. The second-order valence-electron chi connectivity index (χ2n) is 10.3. The number of carbonyl (C=O) groups excluding carboxylic acids is 2. The maximum absolute atomic E-state index is 13.0. The van der Waals surface area contributed by atoms with E-state index in [0.717, 1.165) is 30.2 Å². The number of hydrogen-bond donors (Lipinski definition) is 3. The molecule has 0 radical (unpaired) electrons. The third kappa shape index (κ3) is 6.47. The summed E-state index contributed by atoms with van der Waals surface area (Å²) in [7, 11) is 0. The van der Waals surface area contributed by atoms with Crippen molar-refractivity contribution in [2.75, 3.05) is 43.0 Å². The van der Waals surface area contributed by atoms with Gasteiger partial charge >= 0.3 is 5.97 Å². The number of esters is 1. The molecule has 2 saturated heterocycles. The Morgan fingerprint density at radius 2 is 1.79 bits per heavy atom. The third-order valence-electron chi connectivity index (χ3n) is 7.60. The van der Waals surface area contributed by atoms with Crippen molar-refractivity contribution in [1.82, 2.24) is 9.88 Å². The molecule has 2 fully saturated rings. The van der Waals surface area contributed by atoms with Gasteiger partial charge < -0.3 is 24.8 Å². The molecule has 3 N–H and O–H groups in total. The number of Topliss-reactive ketones (excluding diaryl/α,β-unsaturated/α-hetero) is 1. The van der Waals surface area contributed by atoms with Crippen LogP contribution in [-0.2, 0) is 4.74 Å². The third-order valence-corrected chi connectivity index (χ3v) is 8.50. The van der Waals surface area contributed by atoms with Gasteiger partial charge in [-0.2, -0.15) is 0 Å². The normalized spacial score (nSPS) is 17.3. The highest BCUT2D eigenvalue weighted by Gasteiger charge is 2.26. The number of piperidine rings is 1. The Labute approximate surface area is 234 Å². The zero-order valence-electron chi connectivity index (χ0n) is 22.7. The molecular formula is C30H37N5O3S. The van der Waals surface area contributed by atoms with Crippen LogP contribution in [0, 0.1) is 5.41 Å². The number of likely N-dealkylation sites (tertiary alicyclic amines) is 1. The van der Waals surface area contributed by atoms with Crippen LogP contribution >= 0.6 is 11.8 Å². The lowest BCUT2D eigenvalue weighted by molar-refractivity contribution is 0.0520. The summed E-state index contributed by atoms with van der Waals surface area (Å²) in [5.41, 5.74) is 3.62. The lowest BCUT2D eigenvalue weighted by Gasteiger charge is -2.37. The number of nitrogens with one attached hydrogen (secondary N) is 3. The number of aromatic nitrogens is 1. The molecule has 1 unspecified atom stereocenters. The maximum atomic E-state index is 13.0. The summed E-state index contributed by atoms with van der Waals surface area (Å²) < 4.78 is 5.04. The van der Waals surface area contributed by atoms with Crippen LogP contribution in [0.15, 0.2) is 48.5 Å². The fraction of sp³-hybridized carbons (Fsp3) is 0.433. The molecule has 0 bridgehead atoms. The first kappa shape index (κ1) is 27.3. The minimum absolute atomic E-state index is 0.0379. The van der Waals surface area contributed by atoms with E-state index in [1.165, 1.54) is 56.2 Å². The number of thioether (sulfide) groups is 1. The number of anilines is 2. The molecular weight excluding hydrogens is 510 g/mol. The Hall–Kier alpha value is -3.30. The van der Waals surface area contributed by atoms with Crippen molar-refractivity contribution in [2.45, 2.75) is 50.9 Å². The average molecular weight is 548 g/mol. The summed E-state index contributed by atoms with van der Waals surface area (Å²) >= 11 is 1.19. The van der Waals surface area contributed by atoms with Gasteiger partial charge in [0.05, 0.1) is 12.0 Å². The second kappa shape index (κ2) is 12.3. The van der Waals surface area contributed by atoms with Gasteiger partial charge in [0.2, 0.25) is 5.78 Å². The first-order valence-corrected chi connectivity index (χ1v) is 14.7. The first-order valence-electron chi connectivity index (χ1n) is 13.9. The zero-order chi connectivity index (χ0) is 27.4. The molecule has 2 aliphatic rings. The fourth-order valence-corrected chi connectivity index (χ4v) is 6.35. The van der Waals surface area contributed by atoms with Gasteiger partial charge in [0.15, 0.2) is 0 Å². The van der Waals surface area contributed by atoms with Gasteiger partial charge in [0, 0.05) is 47.0 Å². The highest BCUT2D eigenvalue weighted by atomic mass is 32.2. The number of nitrogens with zero attached hydrogens (tertiary/aromatic N) is 2. The molecule has 39 heavy (non-hydrogen) atoms. The highest BCUT2D eigenvalue weighted by Crippen LogP contribution is 2.27. The predicted octanol–water partition coefficient (Wildman–Crippen LogP) is 5.76. The van der Waals surface area contributed by atoms with Crippen LogP contribution < -0.4 is 10.2 Å². The van der Waals surface area contributed by atoms with Crippen molar-refractivity contribution in [3.63, 3.8) is 0 Å². The highest BCUT2D eigenvalue weighted by molar-refractivity contribution is 8.16. The van der Waals surface area contributed by atoms with Crippen molar-refractivity contribution in [1.29, 1.82) is 5.41 Å². The lowest BCUT2D eigenvalue weighted by Crippen LogP contribution is -2.43. The van der Waals surface area contributed by atoms with Crippen molar-refractivity contribution in [3.8, 4) is 0 Å². The summed E-state index contributed by atoms with van der Waals surface area (Å²) in [6, 6.07) is 16.0. The molecule has 2 aliphatic heterocycles. The van der Waals surface area contributed by atoms with Crippen LogP contribution in [-0.4, -0.2) is 70.9 Å². The molecule has 9 heteroatoms. The number of ether oxygens (including phenoxy) is 1. The standard InChI is InChI=1S/C30H37N5O3S/c1-3-38-30(37)27-18-21-6-7-22(19-26(21)33-27)28(36)29(31)39-20(2)32-23-8-10-24(11-9-23)35-16-12-25(13-17-35)34-14-4-5-15-34/h6-11,18-20,25,31-33H,3-5,12-17H2,1-2H3. The molecule has 5 rings (SSSR count). The van der Waals surface area contributed by atoms with Gasteiger partial charge in [-0.25, -0.2) is 4.79 Å². The van der Waals surface area contributed by atoms with Gasteiger partial charge in [-0.3, -0.25) is 10.2 Å². The van der Waals surface area contributed by atoms with E-state index in [-0.39, 0.29) is 16.2 Å². The van der Waals surface area contributed by atoms with E-state index < -0.39 is 5.97 Å². The van der Waals surface area contributed by atoms with Gasteiger partial charge in [-0.15, -0.1) is 0 Å². The van der Waals surface area contributed by atoms with Gasteiger partial charge in [-0.1, -0.05) is 23.9 Å². The smallest absolute Gasteiger partial charge is 0.354 e. The fourth-order valence-electron chi connectivity index (χ4n) is 5.58. The summed E-state index contributed by atoms with van der Waals surface area (Å²) in [6.45, 7) is 8.72. The van der Waals surface area contributed by atoms with Crippen molar-refractivity contribution in [3.05, 3.63) is 59.8 Å². The van der Waals surface area contributed by atoms with Gasteiger partial charge in [0.25, 0.3) is 0 Å². The minimum Gasteiger partial charge on any atom is -0.461 e. The molecule has 3 aromatic rings. The predicted molar refractivity (Wildman–Crippen MR) is 159 cm³/mol. The number of H-pyrrole nitrogens is 1. The number of hydrogen-bond acceptors (Lipinski definition) is 8. The molecule has 0 spiro atoms. The van der Waals surface area contributed by atoms with E-state index in [4.69, 9.17) is 10.1 Å². The number of ketones is 1. The Morgan fingerprint density at radius 3 is 2.49 bits per heavy atom. The second-order valence-corrected chi connectivity index (χ2v) is 11.6. The van der Waals surface area contributed by atoms with Crippen LogP contribution in [0.5, 0.6) is 0 Å². The van der Waals surface area contributed by atoms with E-state index in [0.29, 0.717) is 23.4 Å². The quantitative estimate of drug-likeness (QED) is 0.103. The molecule has 0 saturated carbocycles. The SMILES string of the molecule is CCOC(=O)c1cc2ccc(C(=O)C(=N)SC(C)Nc3ccc(N4CCC(N5CCCC5)CC4)cc3)cc2[nH]1. The molecule has 8 nitrogen and oxygen atoms in total. The Balaban J connectivity index is 1.12.